The van der Waals surface area contributed by atoms with Crippen LogP contribution in [0.15, 0.2) is 0 Å². The van der Waals surface area contributed by atoms with E-state index in [1.165, 1.54) is 60.8 Å². The van der Waals surface area contributed by atoms with Gasteiger partial charge in [-0.25, -0.2) is 4.98 Å². The van der Waals surface area contributed by atoms with E-state index in [9.17, 15) is 0 Å². The zero-order valence-electron chi connectivity index (χ0n) is 13.5. The Bertz CT molecular complexity index is 455. The first kappa shape index (κ1) is 15.3. The van der Waals surface area contributed by atoms with Crippen molar-refractivity contribution >= 4 is 16.5 Å². The molecule has 0 radical (unpaired) electrons. The van der Waals surface area contributed by atoms with Crippen molar-refractivity contribution in [3.63, 3.8) is 0 Å². The predicted molar refractivity (Wildman–Crippen MR) is 91.2 cm³/mol. The van der Waals surface area contributed by atoms with Gasteiger partial charge in [-0.15, -0.1) is 11.3 Å². The minimum atomic E-state index is 0.773. The molecule has 1 aliphatic carbocycles. The summed E-state index contributed by atoms with van der Waals surface area (Å²) >= 11 is 1.94. The number of hydrogen-bond acceptors (Lipinski definition) is 4. The maximum Gasteiger partial charge on any atom is 0.186 e. The van der Waals surface area contributed by atoms with Gasteiger partial charge in [-0.3, -0.25) is 0 Å². The molecule has 1 aromatic heterocycles. The zero-order chi connectivity index (χ0) is 14.7. The molecule has 3 nitrogen and oxygen atoms in total. The number of anilines is 1. The fourth-order valence-electron chi connectivity index (χ4n) is 4.01. The summed E-state index contributed by atoms with van der Waals surface area (Å²) < 4.78 is 0. The summed E-state index contributed by atoms with van der Waals surface area (Å²) in [5, 5.41) is 4.77. The average molecular weight is 308 g/mol. The standard InChI is InChI=1S/C17H29N3S/c1-3-14-16(12-18-4-2)21-17(19-14)20-11-7-9-13-8-5-6-10-15(13)20/h13,15,18H,3-12H2,1-2H3/t13-,15-/m1/s1. The molecule has 4 heteroatoms. The summed E-state index contributed by atoms with van der Waals surface area (Å²) in [4.78, 5) is 9.11. The van der Waals surface area contributed by atoms with Crippen molar-refractivity contribution in [3.8, 4) is 0 Å². The number of nitrogens with zero attached hydrogens (tertiary/aromatic N) is 2. The zero-order valence-corrected chi connectivity index (χ0v) is 14.3. The van der Waals surface area contributed by atoms with Crippen LogP contribution >= 0.6 is 11.3 Å². The summed E-state index contributed by atoms with van der Waals surface area (Å²) in [6, 6.07) is 0.773. The molecule has 21 heavy (non-hydrogen) atoms. The fourth-order valence-corrected chi connectivity index (χ4v) is 5.21. The molecular formula is C17H29N3S. The Morgan fingerprint density at radius 1 is 1.19 bits per heavy atom. The number of nitrogens with one attached hydrogen (secondary N) is 1. The van der Waals surface area contributed by atoms with E-state index in [1.807, 2.05) is 11.3 Å². The molecular weight excluding hydrogens is 278 g/mol. The topological polar surface area (TPSA) is 28.2 Å². The van der Waals surface area contributed by atoms with E-state index >= 15 is 0 Å². The van der Waals surface area contributed by atoms with Crippen LogP contribution in [0.4, 0.5) is 5.13 Å². The lowest BCUT2D eigenvalue weighted by molar-refractivity contribution is 0.243. The van der Waals surface area contributed by atoms with Crippen molar-refractivity contribution in [3.05, 3.63) is 10.6 Å². The van der Waals surface area contributed by atoms with Crippen molar-refractivity contribution in [2.45, 2.75) is 71.4 Å². The van der Waals surface area contributed by atoms with Crippen molar-refractivity contribution in [2.75, 3.05) is 18.0 Å². The van der Waals surface area contributed by atoms with Gasteiger partial charge in [0.25, 0.3) is 0 Å². The van der Waals surface area contributed by atoms with Gasteiger partial charge in [0.05, 0.1) is 5.69 Å². The van der Waals surface area contributed by atoms with Gasteiger partial charge in [-0.1, -0.05) is 26.7 Å². The molecule has 0 amide bonds. The molecule has 0 aromatic carbocycles. The van der Waals surface area contributed by atoms with E-state index in [0.717, 1.165) is 31.5 Å². The summed E-state index contributed by atoms with van der Waals surface area (Å²) in [7, 11) is 0. The molecule has 118 valence electrons. The largest absolute Gasteiger partial charge is 0.345 e. The molecule has 1 saturated heterocycles. The molecule has 3 rings (SSSR count). The molecule has 0 bridgehead atoms. The maximum atomic E-state index is 5.00. The quantitative estimate of drug-likeness (QED) is 0.892. The van der Waals surface area contributed by atoms with Crippen LogP contribution in [-0.4, -0.2) is 24.1 Å². The third kappa shape index (κ3) is 3.26. The first-order valence-corrected chi connectivity index (χ1v) is 9.61. The van der Waals surface area contributed by atoms with E-state index in [4.69, 9.17) is 4.98 Å². The third-order valence-electron chi connectivity index (χ3n) is 5.13. The lowest BCUT2D eigenvalue weighted by Gasteiger charge is -2.44. The highest BCUT2D eigenvalue weighted by molar-refractivity contribution is 7.15. The number of piperidine rings is 1. The molecule has 1 aliphatic heterocycles. The Kier molecular flexibility index (Phi) is 5.17. The van der Waals surface area contributed by atoms with Gasteiger partial charge < -0.3 is 10.2 Å². The highest BCUT2D eigenvalue weighted by atomic mass is 32.1. The third-order valence-corrected chi connectivity index (χ3v) is 6.26. The van der Waals surface area contributed by atoms with Crippen LogP contribution < -0.4 is 10.2 Å². The molecule has 0 spiro atoms. The SMILES string of the molecule is CCNCc1sc(N2CCC[C@H]3CCCC[C@H]32)nc1CC. The van der Waals surface area contributed by atoms with Crippen LogP contribution in [0.5, 0.6) is 0 Å². The van der Waals surface area contributed by atoms with Crippen LogP contribution in [-0.2, 0) is 13.0 Å². The number of rotatable bonds is 5. The van der Waals surface area contributed by atoms with Crippen LogP contribution in [0, 0.1) is 5.92 Å². The van der Waals surface area contributed by atoms with Crippen molar-refractivity contribution in [1.29, 1.82) is 0 Å². The smallest absolute Gasteiger partial charge is 0.186 e. The predicted octanol–water partition coefficient (Wildman–Crippen LogP) is 3.97. The Balaban J connectivity index is 1.79. The molecule has 2 fully saturated rings. The van der Waals surface area contributed by atoms with Gasteiger partial charge in [0.1, 0.15) is 0 Å². The van der Waals surface area contributed by atoms with Crippen LogP contribution in [0.1, 0.15) is 62.9 Å². The van der Waals surface area contributed by atoms with Gasteiger partial charge in [0, 0.05) is 24.0 Å². The lowest BCUT2D eigenvalue weighted by Crippen LogP contribution is -2.46. The van der Waals surface area contributed by atoms with Gasteiger partial charge in [-0.2, -0.15) is 0 Å². The summed E-state index contributed by atoms with van der Waals surface area (Å²) in [6.07, 6.45) is 9.53. The Hall–Kier alpha value is -0.610. The van der Waals surface area contributed by atoms with E-state index in [2.05, 4.69) is 24.1 Å². The maximum absolute atomic E-state index is 5.00. The Morgan fingerprint density at radius 3 is 2.81 bits per heavy atom. The van der Waals surface area contributed by atoms with E-state index < -0.39 is 0 Å². The molecule has 1 saturated carbocycles. The summed E-state index contributed by atoms with van der Waals surface area (Å²) in [5.74, 6) is 0.929. The monoisotopic (exact) mass is 307 g/mol. The second kappa shape index (κ2) is 7.10. The summed E-state index contributed by atoms with van der Waals surface area (Å²) in [5.41, 5.74) is 1.31. The second-order valence-corrected chi connectivity index (χ2v) is 7.51. The highest BCUT2D eigenvalue weighted by Gasteiger charge is 2.34. The average Bonchev–Trinajstić information content (AvgIpc) is 2.95. The Labute approximate surface area is 133 Å². The van der Waals surface area contributed by atoms with Gasteiger partial charge in [-0.05, 0) is 44.6 Å². The van der Waals surface area contributed by atoms with E-state index in [-0.39, 0.29) is 0 Å². The second-order valence-electron chi connectivity index (χ2n) is 6.45. The molecule has 0 unspecified atom stereocenters. The van der Waals surface area contributed by atoms with Crippen molar-refractivity contribution < 1.29 is 0 Å². The first-order valence-electron chi connectivity index (χ1n) is 8.79. The molecule has 2 aliphatic rings. The number of fused-ring (bicyclic) bond motifs is 1. The van der Waals surface area contributed by atoms with E-state index in [1.54, 1.807) is 0 Å². The normalized spacial score (nSPS) is 25.9. The molecule has 2 atom stereocenters. The first-order chi connectivity index (χ1) is 10.3. The van der Waals surface area contributed by atoms with Crippen LogP contribution in [0.3, 0.4) is 0 Å². The number of aromatic nitrogens is 1. The van der Waals surface area contributed by atoms with Crippen molar-refractivity contribution in [2.24, 2.45) is 5.92 Å². The van der Waals surface area contributed by atoms with Gasteiger partial charge in [0.2, 0.25) is 0 Å². The number of hydrogen-bond donors (Lipinski definition) is 1. The fraction of sp³-hybridized carbons (Fsp3) is 0.824. The Morgan fingerprint density at radius 2 is 2.00 bits per heavy atom. The van der Waals surface area contributed by atoms with Crippen LogP contribution in [0.2, 0.25) is 0 Å². The summed E-state index contributed by atoms with van der Waals surface area (Å²) in [6.45, 7) is 7.64. The van der Waals surface area contributed by atoms with Crippen molar-refractivity contribution in [1.82, 2.24) is 10.3 Å². The van der Waals surface area contributed by atoms with Gasteiger partial charge in [0.15, 0.2) is 5.13 Å². The number of aryl methyl sites for hydroxylation is 1. The molecule has 1 N–H and O–H groups in total. The van der Waals surface area contributed by atoms with Crippen LogP contribution in [0.25, 0.3) is 0 Å². The minimum absolute atomic E-state index is 0.773. The van der Waals surface area contributed by atoms with Gasteiger partial charge >= 0.3 is 0 Å². The molecule has 2 heterocycles. The van der Waals surface area contributed by atoms with E-state index in [0.29, 0.717) is 0 Å². The number of thiazole rings is 1. The highest BCUT2D eigenvalue weighted by Crippen LogP contribution is 2.39. The lowest BCUT2D eigenvalue weighted by atomic mass is 9.78. The molecule has 1 aromatic rings. The minimum Gasteiger partial charge on any atom is -0.345 e.